The van der Waals surface area contributed by atoms with Gasteiger partial charge < -0.3 is 14.6 Å². The van der Waals surface area contributed by atoms with Crippen LogP contribution in [0.4, 0.5) is 5.82 Å². The molecule has 0 aliphatic heterocycles. The average Bonchev–Trinajstić information content (AvgIpc) is 3.23. The monoisotopic (exact) mass is 347 g/mol. The third kappa shape index (κ3) is 2.91. The fraction of sp³-hybridized carbons (Fsp3) is 0.357. The number of hydrogen-bond acceptors (Lipinski definition) is 6. The molecule has 0 fully saturated rings. The summed E-state index contributed by atoms with van der Waals surface area (Å²) in [6, 6.07) is 1.55. The molecule has 0 unspecified atom stereocenters. The zero-order chi connectivity index (χ0) is 18.1. The number of nitrogens with one attached hydrogen (secondary N) is 2. The molecule has 3 aromatic rings. The van der Waals surface area contributed by atoms with E-state index in [0.29, 0.717) is 11.7 Å². The Morgan fingerprint density at radius 3 is 2.76 bits per heavy atom. The normalized spacial score (nSPS) is 11.0. The molecular weight excluding hydrogens is 330 g/mol. The summed E-state index contributed by atoms with van der Waals surface area (Å²) >= 11 is 0. The van der Waals surface area contributed by atoms with E-state index >= 15 is 0 Å². The first kappa shape index (κ1) is 16.5. The summed E-state index contributed by atoms with van der Waals surface area (Å²) in [7, 11) is 4.42. The summed E-state index contributed by atoms with van der Waals surface area (Å²) in [5, 5.41) is 9.09. The van der Waals surface area contributed by atoms with Crippen LogP contribution in [-0.4, -0.2) is 41.9 Å². The summed E-state index contributed by atoms with van der Waals surface area (Å²) < 4.78 is 8.78. The maximum atomic E-state index is 12.3. The van der Waals surface area contributed by atoms with Crippen molar-refractivity contribution in [3.8, 4) is 5.88 Å². The van der Waals surface area contributed by atoms with E-state index in [2.05, 4.69) is 20.5 Å². The van der Waals surface area contributed by atoms with E-state index in [1.54, 1.807) is 17.7 Å². The molecule has 0 aliphatic rings. The molecule has 11 heteroatoms. The van der Waals surface area contributed by atoms with E-state index in [0.717, 1.165) is 4.57 Å². The van der Waals surface area contributed by atoms with Gasteiger partial charge in [-0.1, -0.05) is 0 Å². The molecule has 0 aromatic carbocycles. The number of aromatic amines is 1. The molecule has 0 radical (unpaired) electrons. The zero-order valence-electron chi connectivity index (χ0n) is 13.9. The van der Waals surface area contributed by atoms with Gasteiger partial charge >= 0.3 is 5.69 Å². The fourth-order valence-electron chi connectivity index (χ4n) is 2.47. The number of fused-ring (bicyclic) bond motifs is 1. The summed E-state index contributed by atoms with van der Waals surface area (Å²) in [6.45, 7) is 0.237. The van der Waals surface area contributed by atoms with Gasteiger partial charge in [0.2, 0.25) is 11.8 Å². The molecule has 0 bridgehead atoms. The van der Waals surface area contributed by atoms with Gasteiger partial charge in [0, 0.05) is 33.1 Å². The van der Waals surface area contributed by atoms with Crippen LogP contribution in [-0.2, 0) is 25.4 Å². The van der Waals surface area contributed by atoms with Gasteiger partial charge in [0.25, 0.3) is 5.56 Å². The van der Waals surface area contributed by atoms with Crippen molar-refractivity contribution in [3.05, 3.63) is 33.2 Å². The first-order chi connectivity index (χ1) is 11.9. The Balaban J connectivity index is 1.78. The molecule has 3 rings (SSSR count). The maximum Gasteiger partial charge on any atom is 0.332 e. The minimum atomic E-state index is -0.450. The molecule has 0 saturated carbocycles. The van der Waals surface area contributed by atoms with Crippen LogP contribution in [0.3, 0.4) is 0 Å². The molecule has 11 nitrogen and oxygen atoms in total. The largest absolute Gasteiger partial charge is 0.480 e. The number of imidazole rings is 1. The molecule has 3 aromatic heterocycles. The van der Waals surface area contributed by atoms with Crippen molar-refractivity contribution in [2.45, 2.75) is 13.0 Å². The molecule has 0 saturated heterocycles. The average molecular weight is 347 g/mol. The van der Waals surface area contributed by atoms with E-state index in [9.17, 15) is 14.4 Å². The summed E-state index contributed by atoms with van der Waals surface area (Å²) in [6.07, 6.45) is 1.55. The second kappa shape index (κ2) is 6.26. The van der Waals surface area contributed by atoms with Gasteiger partial charge in [0.1, 0.15) is 5.82 Å². The number of aromatic nitrogens is 6. The zero-order valence-corrected chi connectivity index (χ0v) is 13.9. The topological polar surface area (TPSA) is 129 Å². The molecule has 2 N–H and O–H groups in total. The number of anilines is 1. The number of amides is 1. The van der Waals surface area contributed by atoms with Crippen molar-refractivity contribution in [2.75, 3.05) is 12.4 Å². The van der Waals surface area contributed by atoms with Crippen molar-refractivity contribution in [2.24, 2.45) is 14.1 Å². The molecule has 0 spiro atoms. The second-order valence-electron chi connectivity index (χ2n) is 5.44. The highest BCUT2D eigenvalue weighted by Crippen LogP contribution is 2.12. The van der Waals surface area contributed by atoms with Crippen LogP contribution < -0.4 is 21.3 Å². The number of nitrogens with zero attached hydrogens (tertiary/aromatic N) is 5. The molecular formula is C14H17N7O4. The lowest BCUT2D eigenvalue weighted by atomic mass is 10.3. The Bertz CT molecular complexity index is 1060. The molecule has 1 amide bonds. The van der Waals surface area contributed by atoms with E-state index in [1.807, 2.05) is 0 Å². The van der Waals surface area contributed by atoms with Crippen molar-refractivity contribution in [3.63, 3.8) is 0 Å². The van der Waals surface area contributed by atoms with Gasteiger partial charge in [-0.3, -0.25) is 23.8 Å². The van der Waals surface area contributed by atoms with E-state index in [1.165, 1.54) is 25.1 Å². The molecule has 0 atom stereocenters. The van der Waals surface area contributed by atoms with Crippen LogP contribution in [0.2, 0.25) is 0 Å². The highest BCUT2D eigenvalue weighted by molar-refractivity contribution is 5.89. The van der Waals surface area contributed by atoms with Gasteiger partial charge in [0.15, 0.2) is 11.2 Å². The summed E-state index contributed by atoms with van der Waals surface area (Å²) in [5.74, 6) is 0.505. The van der Waals surface area contributed by atoms with Crippen LogP contribution in [0.5, 0.6) is 5.88 Å². The molecule has 132 valence electrons. The quantitative estimate of drug-likeness (QED) is 0.621. The van der Waals surface area contributed by atoms with Crippen LogP contribution in [0.25, 0.3) is 11.2 Å². The number of aryl methyl sites for hydroxylation is 2. The molecule has 3 heterocycles. The van der Waals surface area contributed by atoms with Gasteiger partial charge in [-0.05, 0) is 0 Å². The first-order valence-corrected chi connectivity index (χ1v) is 7.42. The van der Waals surface area contributed by atoms with Gasteiger partial charge in [-0.2, -0.15) is 0 Å². The number of hydrogen-bond donors (Lipinski definition) is 2. The number of carbonyl (C=O) groups is 1. The van der Waals surface area contributed by atoms with Crippen LogP contribution >= 0.6 is 0 Å². The molecule has 25 heavy (non-hydrogen) atoms. The minimum Gasteiger partial charge on any atom is -0.480 e. The smallest absolute Gasteiger partial charge is 0.332 e. The SMILES string of the molecule is COc1cc(NC(=O)CCn2cnc3c2c(=O)n(C)c(=O)n3C)[nH]n1. The summed E-state index contributed by atoms with van der Waals surface area (Å²) in [5.41, 5.74) is -0.338. The van der Waals surface area contributed by atoms with Crippen LogP contribution in [0, 0.1) is 0 Å². The fourth-order valence-corrected chi connectivity index (χ4v) is 2.47. The Kier molecular flexibility index (Phi) is 4.13. The third-order valence-corrected chi connectivity index (χ3v) is 3.83. The predicted octanol–water partition coefficient (Wildman–Crippen LogP) is -0.806. The predicted molar refractivity (Wildman–Crippen MR) is 88.6 cm³/mol. The minimum absolute atomic E-state index is 0.110. The van der Waals surface area contributed by atoms with E-state index < -0.39 is 11.2 Å². The lowest BCUT2D eigenvalue weighted by Gasteiger charge is -2.06. The van der Waals surface area contributed by atoms with Crippen molar-refractivity contribution >= 4 is 22.9 Å². The summed E-state index contributed by atoms with van der Waals surface area (Å²) in [4.78, 5) is 40.4. The number of ether oxygens (including phenoxy) is 1. The maximum absolute atomic E-state index is 12.3. The van der Waals surface area contributed by atoms with Crippen LogP contribution in [0.15, 0.2) is 22.0 Å². The second-order valence-corrected chi connectivity index (χ2v) is 5.44. The Hall–Kier alpha value is -3.37. The van der Waals surface area contributed by atoms with Crippen molar-refractivity contribution in [1.82, 2.24) is 28.9 Å². The number of rotatable bonds is 5. The lowest BCUT2D eigenvalue weighted by molar-refractivity contribution is -0.116. The van der Waals surface area contributed by atoms with Gasteiger partial charge in [-0.15, -0.1) is 5.10 Å². The van der Waals surface area contributed by atoms with Gasteiger partial charge in [0.05, 0.1) is 13.4 Å². The Morgan fingerprint density at radius 2 is 2.08 bits per heavy atom. The Labute approximate surface area is 140 Å². The van der Waals surface area contributed by atoms with E-state index in [4.69, 9.17) is 4.74 Å². The number of H-pyrrole nitrogens is 1. The first-order valence-electron chi connectivity index (χ1n) is 7.42. The highest BCUT2D eigenvalue weighted by Gasteiger charge is 2.15. The van der Waals surface area contributed by atoms with Gasteiger partial charge in [-0.25, -0.2) is 9.78 Å². The van der Waals surface area contributed by atoms with E-state index in [-0.39, 0.29) is 30.0 Å². The van der Waals surface area contributed by atoms with Crippen molar-refractivity contribution < 1.29 is 9.53 Å². The Morgan fingerprint density at radius 1 is 1.32 bits per heavy atom. The number of carbonyl (C=O) groups excluding carboxylic acids is 1. The van der Waals surface area contributed by atoms with Crippen molar-refractivity contribution in [1.29, 1.82) is 0 Å². The standard InChI is InChI=1S/C14H17N7O4/c1-19-12-11(13(23)20(2)14(19)24)21(7-15-12)5-4-9(22)16-8-6-10(25-3)18-17-8/h6-7H,4-5H2,1-3H3,(H2,16,17,18,22). The molecule has 0 aliphatic carbocycles. The lowest BCUT2D eigenvalue weighted by Crippen LogP contribution is -2.37. The van der Waals surface area contributed by atoms with Crippen LogP contribution in [0.1, 0.15) is 6.42 Å². The number of methoxy groups -OCH3 is 1. The highest BCUT2D eigenvalue weighted by atomic mass is 16.5. The third-order valence-electron chi connectivity index (χ3n) is 3.83.